The van der Waals surface area contributed by atoms with Gasteiger partial charge < -0.3 is 24.6 Å². The lowest BCUT2D eigenvalue weighted by Crippen LogP contribution is -2.46. The second kappa shape index (κ2) is 12.4. The minimum atomic E-state index is -4.62. The highest BCUT2D eigenvalue weighted by Gasteiger charge is 2.50. The van der Waals surface area contributed by atoms with E-state index in [1.807, 2.05) is 6.08 Å². The molecule has 3 aliphatic rings. The van der Waals surface area contributed by atoms with Crippen LogP contribution in [0.2, 0.25) is 5.02 Å². The second-order valence-electron chi connectivity index (χ2n) is 12.2. The number of piperidine rings is 1. The number of nitrogens with zero attached hydrogens (tertiary/aromatic N) is 6. The summed E-state index contributed by atoms with van der Waals surface area (Å²) in [6, 6.07) is 5.51. The average Bonchev–Trinajstić information content (AvgIpc) is 3.64. The minimum Gasteiger partial charge on any atom is -0.505 e. The zero-order valence-electron chi connectivity index (χ0n) is 25.6. The van der Waals surface area contributed by atoms with Crippen molar-refractivity contribution < 1.29 is 32.6 Å². The molecule has 0 radical (unpaired) electrons. The number of nitrogens with one attached hydrogen (secondary N) is 1. The Morgan fingerprint density at radius 1 is 1.18 bits per heavy atom. The summed E-state index contributed by atoms with van der Waals surface area (Å²) in [5.74, 6) is -0.960. The largest absolute Gasteiger partial charge is 0.505 e. The topological polar surface area (TPSA) is 144 Å². The van der Waals surface area contributed by atoms with Crippen LogP contribution in [0.25, 0.3) is 11.4 Å². The maximum Gasteiger partial charge on any atom is 0.416 e. The number of carbonyl (C=O) groups is 2. The molecule has 1 spiro atoms. The van der Waals surface area contributed by atoms with Crippen molar-refractivity contribution >= 4 is 52.1 Å². The van der Waals surface area contributed by atoms with E-state index < -0.39 is 46.5 Å². The Bertz CT molecular complexity index is 2090. The maximum absolute atomic E-state index is 14.3. The van der Waals surface area contributed by atoms with Crippen molar-refractivity contribution in [1.82, 2.24) is 29.0 Å². The molecule has 256 valence electrons. The summed E-state index contributed by atoms with van der Waals surface area (Å²) in [6.07, 6.45) is 0.191. The van der Waals surface area contributed by atoms with E-state index in [9.17, 15) is 32.7 Å². The molecule has 49 heavy (non-hydrogen) atoms. The van der Waals surface area contributed by atoms with E-state index in [2.05, 4.69) is 20.4 Å². The van der Waals surface area contributed by atoms with Gasteiger partial charge in [-0.15, -0.1) is 16.7 Å². The second-order valence-corrected chi connectivity index (χ2v) is 13.1. The molecule has 1 saturated heterocycles. The van der Waals surface area contributed by atoms with Crippen LogP contribution in [0.3, 0.4) is 0 Å². The van der Waals surface area contributed by atoms with Crippen molar-refractivity contribution in [3.05, 3.63) is 86.3 Å². The van der Waals surface area contributed by atoms with Gasteiger partial charge in [0.05, 0.1) is 34.9 Å². The fourth-order valence-corrected chi connectivity index (χ4v) is 7.64. The molecule has 1 aromatic carbocycles. The molecule has 17 heteroatoms. The molecule has 5 heterocycles. The first-order valence-electron chi connectivity index (χ1n) is 15.4. The molecule has 0 saturated carbocycles. The molecule has 2 aliphatic heterocycles. The van der Waals surface area contributed by atoms with E-state index in [1.165, 1.54) is 22.9 Å². The van der Waals surface area contributed by atoms with E-state index >= 15 is 0 Å². The third kappa shape index (κ3) is 5.93. The van der Waals surface area contributed by atoms with Crippen molar-refractivity contribution in [1.29, 1.82) is 0 Å². The number of alkyl halides is 4. The third-order valence-electron chi connectivity index (χ3n) is 9.30. The summed E-state index contributed by atoms with van der Waals surface area (Å²) < 4.78 is 47.7. The van der Waals surface area contributed by atoms with Gasteiger partial charge in [0.2, 0.25) is 11.7 Å². The molecule has 2 amide bonds. The highest BCUT2D eigenvalue weighted by molar-refractivity contribution is 6.33. The van der Waals surface area contributed by atoms with Crippen LogP contribution in [-0.2, 0) is 27.7 Å². The van der Waals surface area contributed by atoms with Crippen LogP contribution >= 0.6 is 23.2 Å². The van der Waals surface area contributed by atoms with Gasteiger partial charge in [-0.1, -0.05) is 17.7 Å². The molecule has 12 nitrogen and oxygen atoms in total. The summed E-state index contributed by atoms with van der Waals surface area (Å²) in [7, 11) is 0. The Morgan fingerprint density at radius 2 is 1.96 bits per heavy atom. The number of fused-ring (bicyclic) bond motifs is 3. The van der Waals surface area contributed by atoms with E-state index in [0.717, 1.165) is 28.3 Å². The van der Waals surface area contributed by atoms with E-state index in [1.54, 1.807) is 4.90 Å². The number of benzene rings is 1. The van der Waals surface area contributed by atoms with Crippen LogP contribution < -0.4 is 10.9 Å². The number of pyridine rings is 1. The average molecular weight is 719 g/mol. The van der Waals surface area contributed by atoms with Gasteiger partial charge in [0, 0.05) is 36.0 Å². The number of aromatic hydroxyl groups is 1. The smallest absolute Gasteiger partial charge is 0.416 e. The van der Waals surface area contributed by atoms with Crippen molar-refractivity contribution in [3.8, 4) is 5.75 Å². The van der Waals surface area contributed by atoms with Gasteiger partial charge in [-0.05, 0) is 61.6 Å². The molecule has 4 aromatic rings. The number of ether oxygens (including phenoxy) is 1. The minimum absolute atomic E-state index is 0.0298. The summed E-state index contributed by atoms with van der Waals surface area (Å²) in [5.41, 5.74) is -0.754. The Hall–Kier alpha value is -4.47. The zero-order chi connectivity index (χ0) is 34.7. The Labute approximate surface area is 286 Å². The van der Waals surface area contributed by atoms with Crippen molar-refractivity contribution in [3.63, 3.8) is 0 Å². The molecule has 1 atom stereocenters. The molecule has 2 N–H and O–H groups in total. The van der Waals surface area contributed by atoms with Gasteiger partial charge >= 0.3 is 6.18 Å². The van der Waals surface area contributed by atoms with Crippen LogP contribution in [0.15, 0.2) is 47.4 Å². The lowest BCUT2D eigenvalue weighted by molar-refractivity contribution is -0.137. The molecular weight excluding hydrogens is 690 g/mol. The SMILES string of the molecule is O=C(Cn1c2c(c(=O)n3nc(C4=CCOCC4)nc13)C1(CCN(C(=O)c3ncccc3O)CC1)CC2Cl)Nc1ccc(C(F)(F)F)cc1Cl. The Kier molecular flexibility index (Phi) is 8.40. The molecule has 0 bridgehead atoms. The van der Waals surface area contributed by atoms with Crippen molar-refractivity contribution in [2.45, 2.75) is 49.2 Å². The first kappa shape index (κ1) is 33.0. The summed E-state index contributed by atoms with van der Waals surface area (Å²) in [4.78, 5) is 51.3. The standard InChI is InChI=1S/C32H28Cl2F3N7O5/c33-19-14-18(32(35,36)37)3-4-21(19)39-23(46)16-43-26-20(34)15-31(7-10-42(11-8-31)29(48)25-22(45)2-1-9-38-25)24(26)28(47)44-30(43)40-27(41-44)17-5-12-49-13-6-17/h1-5,9,14,20,45H,6-8,10-13,15-16H2,(H,39,46). The third-order valence-corrected chi connectivity index (χ3v) is 9.97. The molecule has 1 unspecified atom stereocenters. The number of rotatable bonds is 5. The van der Waals surface area contributed by atoms with Crippen LogP contribution in [0.4, 0.5) is 18.9 Å². The first-order chi connectivity index (χ1) is 23.4. The number of hydrogen-bond acceptors (Lipinski definition) is 8. The quantitative estimate of drug-likeness (QED) is 0.276. The van der Waals surface area contributed by atoms with Crippen molar-refractivity contribution in [2.75, 3.05) is 31.6 Å². The van der Waals surface area contributed by atoms with Gasteiger partial charge in [-0.25, -0.2) is 4.98 Å². The highest BCUT2D eigenvalue weighted by atomic mass is 35.5. The number of anilines is 1. The number of hydrogen-bond donors (Lipinski definition) is 2. The number of carbonyl (C=O) groups excluding carboxylic acids is 2. The van der Waals surface area contributed by atoms with Gasteiger partial charge in [-0.2, -0.15) is 22.7 Å². The fraction of sp³-hybridized carbons (Fsp3) is 0.375. The van der Waals surface area contributed by atoms with Crippen LogP contribution in [0.5, 0.6) is 5.75 Å². The first-order valence-corrected chi connectivity index (χ1v) is 16.2. The number of amides is 2. The predicted octanol–water partition coefficient (Wildman–Crippen LogP) is 4.96. The lowest BCUT2D eigenvalue weighted by atomic mass is 9.74. The molecule has 3 aromatic heterocycles. The monoisotopic (exact) mass is 717 g/mol. The van der Waals surface area contributed by atoms with Gasteiger partial charge in [0.1, 0.15) is 12.3 Å². The normalized spacial score (nSPS) is 18.8. The lowest BCUT2D eigenvalue weighted by Gasteiger charge is -2.39. The van der Waals surface area contributed by atoms with Gasteiger partial charge in [0.15, 0.2) is 11.5 Å². The summed E-state index contributed by atoms with van der Waals surface area (Å²) >= 11 is 13.1. The Morgan fingerprint density at radius 3 is 2.63 bits per heavy atom. The predicted molar refractivity (Wildman–Crippen MR) is 172 cm³/mol. The van der Waals surface area contributed by atoms with Crippen LogP contribution in [0, 0.1) is 0 Å². The zero-order valence-corrected chi connectivity index (χ0v) is 27.1. The summed E-state index contributed by atoms with van der Waals surface area (Å²) in [5, 5.41) is 16.3. The van der Waals surface area contributed by atoms with E-state index in [0.29, 0.717) is 56.0 Å². The maximum atomic E-state index is 14.3. The van der Waals surface area contributed by atoms with E-state index in [4.69, 9.17) is 27.9 Å². The van der Waals surface area contributed by atoms with Crippen LogP contribution in [-0.4, -0.2) is 72.3 Å². The van der Waals surface area contributed by atoms with Crippen molar-refractivity contribution in [2.24, 2.45) is 0 Å². The summed E-state index contributed by atoms with van der Waals surface area (Å²) in [6.45, 7) is 0.874. The highest BCUT2D eigenvalue weighted by Crippen LogP contribution is 2.52. The number of aromatic nitrogens is 5. The molecule has 1 aliphatic carbocycles. The number of likely N-dealkylation sites (tertiary alicyclic amines) is 1. The fourth-order valence-electron chi connectivity index (χ4n) is 6.89. The van der Waals surface area contributed by atoms with Gasteiger partial charge in [0.25, 0.3) is 11.5 Å². The van der Waals surface area contributed by atoms with Gasteiger partial charge in [-0.3, -0.25) is 14.4 Å². The Balaban J connectivity index is 1.26. The number of halogens is 5. The molecular formula is C32H28Cl2F3N7O5. The molecule has 7 rings (SSSR count). The van der Waals surface area contributed by atoms with E-state index in [-0.39, 0.29) is 41.0 Å². The van der Waals surface area contributed by atoms with Crippen LogP contribution in [0.1, 0.15) is 64.2 Å². The molecule has 1 fully saturated rings.